The zero-order valence-electron chi connectivity index (χ0n) is 12.2. The first-order valence-electron chi connectivity index (χ1n) is 7.34. The van der Waals surface area contributed by atoms with Crippen molar-refractivity contribution in [3.63, 3.8) is 0 Å². The molecule has 1 aromatic heterocycles. The van der Waals surface area contributed by atoms with Gasteiger partial charge in [-0.05, 0) is 31.4 Å². The molecule has 1 aromatic carbocycles. The van der Waals surface area contributed by atoms with Gasteiger partial charge in [0.1, 0.15) is 0 Å². The van der Waals surface area contributed by atoms with Gasteiger partial charge in [0.15, 0.2) is 0 Å². The van der Waals surface area contributed by atoms with Crippen LogP contribution in [0.1, 0.15) is 25.3 Å². The van der Waals surface area contributed by atoms with Crippen molar-refractivity contribution >= 4 is 11.6 Å². The standard InChI is InChI=1S/C16H20N4O/c1-2-21-15-9-10-18-16(19-15)20(13-7-8-13)11-12-5-3-4-6-14(12)17/h3-6,9-10,13H,2,7-8,11,17H2,1H3. The first kappa shape index (κ1) is 13.7. The summed E-state index contributed by atoms with van der Waals surface area (Å²) in [4.78, 5) is 11.1. The summed E-state index contributed by atoms with van der Waals surface area (Å²) in [5.41, 5.74) is 7.97. The second kappa shape index (κ2) is 5.99. The smallest absolute Gasteiger partial charge is 0.229 e. The third-order valence-corrected chi connectivity index (χ3v) is 3.55. The highest BCUT2D eigenvalue weighted by Crippen LogP contribution is 2.32. The molecule has 5 heteroatoms. The summed E-state index contributed by atoms with van der Waals surface area (Å²) in [6, 6.07) is 10.2. The van der Waals surface area contributed by atoms with E-state index in [0.29, 0.717) is 24.5 Å². The molecule has 0 aliphatic heterocycles. The van der Waals surface area contributed by atoms with Crippen molar-refractivity contribution in [1.29, 1.82) is 0 Å². The summed E-state index contributed by atoms with van der Waals surface area (Å²) in [5.74, 6) is 1.33. The molecule has 21 heavy (non-hydrogen) atoms. The van der Waals surface area contributed by atoms with Gasteiger partial charge in [-0.25, -0.2) is 4.98 Å². The molecule has 5 nitrogen and oxygen atoms in total. The molecule has 0 bridgehead atoms. The fourth-order valence-corrected chi connectivity index (χ4v) is 2.31. The van der Waals surface area contributed by atoms with Crippen molar-refractivity contribution in [2.45, 2.75) is 32.4 Å². The number of rotatable bonds is 6. The number of benzene rings is 1. The summed E-state index contributed by atoms with van der Waals surface area (Å²) in [6.07, 6.45) is 4.10. The van der Waals surface area contributed by atoms with Crippen molar-refractivity contribution < 1.29 is 4.74 Å². The lowest BCUT2D eigenvalue weighted by atomic mass is 10.1. The molecular formula is C16H20N4O. The minimum atomic E-state index is 0.501. The van der Waals surface area contributed by atoms with Gasteiger partial charge in [0.25, 0.3) is 0 Å². The molecular weight excluding hydrogens is 264 g/mol. The lowest BCUT2D eigenvalue weighted by Gasteiger charge is -2.23. The molecule has 0 unspecified atom stereocenters. The van der Waals surface area contributed by atoms with Crippen LogP contribution in [0.2, 0.25) is 0 Å². The maximum Gasteiger partial charge on any atom is 0.229 e. The Morgan fingerprint density at radius 3 is 2.81 bits per heavy atom. The molecule has 0 atom stereocenters. The van der Waals surface area contributed by atoms with Gasteiger partial charge in [-0.15, -0.1) is 0 Å². The number of aromatic nitrogens is 2. The fraction of sp³-hybridized carbons (Fsp3) is 0.375. The molecule has 2 aromatic rings. The van der Waals surface area contributed by atoms with Crippen LogP contribution < -0.4 is 15.4 Å². The molecule has 0 saturated heterocycles. The van der Waals surface area contributed by atoms with Crippen molar-refractivity contribution in [2.75, 3.05) is 17.2 Å². The average molecular weight is 284 g/mol. The van der Waals surface area contributed by atoms with Gasteiger partial charge in [0.05, 0.1) is 6.61 Å². The first-order chi connectivity index (χ1) is 10.3. The average Bonchev–Trinajstić information content (AvgIpc) is 3.32. The van der Waals surface area contributed by atoms with E-state index in [0.717, 1.165) is 17.8 Å². The van der Waals surface area contributed by atoms with Crippen LogP contribution in [-0.4, -0.2) is 22.6 Å². The number of para-hydroxylation sites is 1. The van der Waals surface area contributed by atoms with Gasteiger partial charge in [0, 0.05) is 30.5 Å². The minimum absolute atomic E-state index is 0.501. The Bertz CT molecular complexity index is 613. The molecule has 1 saturated carbocycles. The number of hydrogen-bond donors (Lipinski definition) is 1. The predicted octanol–water partition coefficient (Wildman–Crippen LogP) is 2.63. The highest BCUT2D eigenvalue weighted by atomic mass is 16.5. The van der Waals surface area contributed by atoms with E-state index < -0.39 is 0 Å². The van der Waals surface area contributed by atoms with Crippen LogP contribution in [0.5, 0.6) is 5.88 Å². The summed E-state index contributed by atoms with van der Waals surface area (Å²) in [6.45, 7) is 3.28. The molecule has 110 valence electrons. The zero-order valence-corrected chi connectivity index (χ0v) is 12.2. The number of nitrogen functional groups attached to an aromatic ring is 1. The molecule has 1 aliphatic rings. The lowest BCUT2D eigenvalue weighted by Crippen LogP contribution is -2.27. The van der Waals surface area contributed by atoms with Crippen LogP contribution in [0.3, 0.4) is 0 Å². The second-order valence-corrected chi connectivity index (χ2v) is 5.19. The van der Waals surface area contributed by atoms with Crippen LogP contribution >= 0.6 is 0 Å². The summed E-state index contributed by atoms with van der Waals surface area (Å²) in [7, 11) is 0. The van der Waals surface area contributed by atoms with Gasteiger partial charge in [-0.2, -0.15) is 4.98 Å². The Hall–Kier alpha value is -2.30. The molecule has 3 rings (SSSR count). The monoisotopic (exact) mass is 284 g/mol. The van der Waals surface area contributed by atoms with Gasteiger partial charge >= 0.3 is 0 Å². The Labute approximate surface area is 124 Å². The van der Waals surface area contributed by atoms with E-state index in [1.165, 1.54) is 12.8 Å². The highest BCUT2D eigenvalue weighted by molar-refractivity contribution is 5.49. The van der Waals surface area contributed by atoms with Crippen molar-refractivity contribution in [2.24, 2.45) is 0 Å². The zero-order chi connectivity index (χ0) is 14.7. The quantitative estimate of drug-likeness (QED) is 0.826. The van der Waals surface area contributed by atoms with Crippen molar-refractivity contribution in [3.8, 4) is 5.88 Å². The van der Waals surface area contributed by atoms with Gasteiger partial charge in [-0.3, -0.25) is 0 Å². The molecule has 0 amide bonds. The van der Waals surface area contributed by atoms with Gasteiger partial charge in [0.2, 0.25) is 11.8 Å². The van der Waals surface area contributed by atoms with E-state index in [4.69, 9.17) is 10.5 Å². The van der Waals surface area contributed by atoms with Crippen LogP contribution in [0.25, 0.3) is 0 Å². The van der Waals surface area contributed by atoms with E-state index in [1.807, 2.05) is 25.1 Å². The van der Waals surface area contributed by atoms with Gasteiger partial charge < -0.3 is 15.4 Å². The third kappa shape index (κ3) is 3.24. The number of anilines is 2. The van der Waals surface area contributed by atoms with Crippen LogP contribution in [0, 0.1) is 0 Å². The molecule has 0 spiro atoms. The lowest BCUT2D eigenvalue weighted by molar-refractivity contribution is 0.326. The Morgan fingerprint density at radius 2 is 2.10 bits per heavy atom. The molecule has 2 N–H and O–H groups in total. The van der Waals surface area contributed by atoms with Gasteiger partial charge in [-0.1, -0.05) is 18.2 Å². The van der Waals surface area contributed by atoms with Crippen molar-refractivity contribution in [3.05, 3.63) is 42.1 Å². The fourth-order valence-electron chi connectivity index (χ4n) is 2.31. The van der Waals surface area contributed by atoms with E-state index in [-0.39, 0.29) is 0 Å². The number of nitrogens with two attached hydrogens (primary N) is 1. The maximum atomic E-state index is 6.05. The van der Waals surface area contributed by atoms with Crippen molar-refractivity contribution in [1.82, 2.24) is 9.97 Å². The number of nitrogens with zero attached hydrogens (tertiary/aromatic N) is 3. The predicted molar refractivity (Wildman–Crippen MR) is 83.3 cm³/mol. The van der Waals surface area contributed by atoms with Crippen LogP contribution in [-0.2, 0) is 6.54 Å². The van der Waals surface area contributed by atoms with Crippen LogP contribution in [0.4, 0.5) is 11.6 Å². The number of ether oxygens (including phenoxy) is 1. The van der Waals surface area contributed by atoms with E-state index in [9.17, 15) is 0 Å². The Kier molecular flexibility index (Phi) is 3.90. The first-order valence-corrected chi connectivity index (χ1v) is 7.34. The summed E-state index contributed by atoms with van der Waals surface area (Å²) < 4.78 is 5.47. The topological polar surface area (TPSA) is 64.3 Å². The number of hydrogen-bond acceptors (Lipinski definition) is 5. The van der Waals surface area contributed by atoms with E-state index in [1.54, 1.807) is 12.3 Å². The molecule has 0 radical (unpaired) electrons. The second-order valence-electron chi connectivity index (χ2n) is 5.19. The SMILES string of the molecule is CCOc1ccnc(N(Cc2ccccc2N)C2CC2)n1. The Morgan fingerprint density at radius 1 is 1.29 bits per heavy atom. The van der Waals surface area contributed by atoms with E-state index in [2.05, 4.69) is 20.9 Å². The highest BCUT2D eigenvalue weighted by Gasteiger charge is 2.31. The summed E-state index contributed by atoms with van der Waals surface area (Å²) in [5, 5.41) is 0. The van der Waals surface area contributed by atoms with Crippen LogP contribution in [0.15, 0.2) is 36.5 Å². The molecule has 1 heterocycles. The Balaban J connectivity index is 1.85. The third-order valence-electron chi connectivity index (χ3n) is 3.55. The minimum Gasteiger partial charge on any atom is -0.478 e. The normalized spacial score (nSPS) is 14.0. The summed E-state index contributed by atoms with van der Waals surface area (Å²) >= 11 is 0. The van der Waals surface area contributed by atoms with E-state index >= 15 is 0 Å². The largest absolute Gasteiger partial charge is 0.478 e. The maximum absolute atomic E-state index is 6.05. The molecule has 1 aliphatic carbocycles. The molecule has 1 fully saturated rings.